The van der Waals surface area contributed by atoms with E-state index in [9.17, 15) is 22.8 Å². The fraction of sp³-hybridized carbons (Fsp3) is 0.333. The largest absolute Gasteiger partial charge is 0.490 e. The minimum Gasteiger partial charge on any atom is -0.489 e. The normalized spacial score (nSPS) is 15.2. The number of aliphatic carboxylic acids is 2. The van der Waals surface area contributed by atoms with Crippen LogP contribution in [0.5, 0.6) is 5.75 Å². The molecule has 3 rings (SSSR count). The minimum absolute atomic E-state index is 0.00125. The van der Waals surface area contributed by atoms with E-state index in [1.54, 1.807) is 23.2 Å². The van der Waals surface area contributed by atoms with E-state index in [1.165, 1.54) is 0 Å². The molecule has 1 atom stereocenters. The molecule has 1 aliphatic rings. The van der Waals surface area contributed by atoms with Crippen molar-refractivity contribution in [3.63, 3.8) is 0 Å². The predicted molar refractivity (Wildman–Crippen MR) is 124 cm³/mol. The number of carbonyl (C=O) groups excluding carboxylic acids is 1. The summed E-state index contributed by atoms with van der Waals surface area (Å²) in [5, 5.41) is 19.6. The van der Waals surface area contributed by atoms with Gasteiger partial charge in [-0.1, -0.05) is 31.2 Å². The molecule has 1 heterocycles. The highest BCUT2D eigenvalue weighted by molar-refractivity contribution is 5.97. The van der Waals surface area contributed by atoms with Crippen LogP contribution in [0.15, 0.2) is 47.6 Å². The van der Waals surface area contributed by atoms with Crippen molar-refractivity contribution in [2.75, 3.05) is 6.54 Å². The average molecular weight is 509 g/mol. The lowest BCUT2D eigenvalue weighted by Gasteiger charge is -2.36. The van der Waals surface area contributed by atoms with Crippen LogP contribution in [0.4, 0.5) is 13.2 Å². The predicted octanol–water partition coefficient (Wildman–Crippen LogP) is 3.44. The van der Waals surface area contributed by atoms with Crippen LogP contribution in [0.2, 0.25) is 0 Å². The summed E-state index contributed by atoms with van der Waals surface area (Å²) in [5.41, 5.74) is 3.50. The Bertz CT molecular complexity index is 1100. The van der Waals surface area contributed by atoms with Crippen molar-refractivity contribution in [1.82, 2.24) is 4.90 Å². The summed E-state index contributed by atoms with van der Waals surface area (Å²) in [4.78, 5) is 34.3. The number of hydrazone groups is 1. The van der Waals surface area contributed by atoms with Crippen LogP contribution in [0, 0.1) is 0 Å². The van der Waals surface area contributed by atoms with E-state index in [4.69, 9.17) is 25.6 Å². The summed E-state index contributed by atoms with van der Waals surface area (Å²) in [6.45, 7) is 2.65. The Morgan fingerprint density at radius 2 is 1.83 bits per heavy atom. The average Bonchev–Trinajstić information content (AvgIpc) is 2.82. The Hall–Kier alpha value is -4.09. The Balaban J connectivity index is 0.000000572. The van der Waals surface area contributed by atoms with E-state index in [2.05, 4.69) is 5.10 Å². The maximum absolute atomic E-state index is 12.8. The molecule has 4 N–H and O–H groups in total. The molecule has 0 fully saturated rings. The third kappa shape index (κ3) is 8.00. The molecule has 1 unspecified atom stereocenters. The Labute approximate surface area is 205 Å². The highest BCUT2D eigenvalue weighted by atomic mass is 19.4. The van der Waals surface area contributed by atoms with E-state index in [1.807, 2.05) is 37.3 Å². The molecule has 0 aliphatic carbocycles. The number of alkyl halides is 3. The van der Waals surface area contributed by atoms with Crippen molar-refractivity contribution in [2.45, 2.75) is 45.0 Å². The molecular weight excluding hydrogens is 483 g/mol. The van der Waals surface area contributed by atoms with Crippen LogP contribution >= 0.6 is 0 Å². The summed E-state index contributed by atoms with van der Waals surface area (Å²) >= 11 is 0. The fourth-order valence-corrected chi connectivity index (χ4v) is 3.54. The van der Waals surface area contributed by atoms with Crippen LogP contribution in [-0.4, -0.2) is 57.9 Å². The van der Waals surface area contributed by atoms with E-state index < -0.39 is 18.1 Å². The number of amides is 1. The quantitative estimate of drug-likeness (QED) is 0.281. The molecule has 0 radical (unpaired) electrons. The fourth-order valence-electron chi connectivity index (χ4n) is 3.54. The second-order valence-electron chi connectivity index (χ2n) is 7.84. The summed E-state index contributed by atoms with van der Waals surface area (Å²) in [6, 6.07) is 13.2. The van der Waals surface area contributed by atoms with Gasteiger partial charge in [0.25, 0.3) is 5.91 Å². The number of hydrogen-bond acceptors (Lipinski definition) is 6. The molecule has 12 heteroatoms. The first-order chi connectivity index (χ1) is 17.0. The highest BCUT2D eigenvalue weighted by Crippen LogP contribution is 2.29. The van der Waals surface area contributed by atoms with Gasteiger partial charge in [-0.2, -0.15) is 18.3 Å². The van der Waals surface area contributed by atoms with Gasteiger partial charge in [0.05, 0.1) is 12.6 Å². The first-order valence-corrected chi connectivity index (χ1v) is 10.9. The zero-order chi connectivity index (χ0) is 26.9. The molecular formula is C24H26F3N3O6. The number of nitrogens with zero attached hydrogens (tertiary/aromatic N) is 2. The van der Waals surface area contributed by atoms with Crippen LogP contribution in [0.1, 0.15) is 46.8 Å². The van der Waals surface area contributed by atoms with Gasteiger partial charge in [0.2, 0.25) is 0 Å². The summed E-state index contributed by atoms with van der Waals surface area (Å²) < 4.78 is 37.6. The number of fused-ring (bicyclic) bond motifs is 1. The minimum atomic E-state index is -5.08. The number of carbonyl (C=O) groups is 3. The smallest absolute Gasteiger partial charge is 0.489 e. The molecule has 9 nitrogen and oxygen atoms in total. The maximum atomic E-state index is 12.8. The van der Waals surface area contributed by atoms with Crippen molar-refractivity contribution in [3.05, 3.63) is 64.7 Å². The summed E-state index contributed by atoms with van der Waals surface area (Å²) in [7, 11) is 0. The van der Waals surface area contributed by atoms with Gasteiger partial charge < -0.3 is 25.7 Å². The van der Waals surface area contributed by atoms with E-state index >= 15 is 0 Å². The van der Waals surface area contributed by atoms with E-state index in [0.717, 1.165) is 23.1 Å². The SMILES string of the molecule is CCC1Cc2cc(OCc3ccc(C=NN)cc3)ccc2C(=O)N1CCC(=O)O.O=C(O)C(F)(F)F. The molecule has 0 spiro atoms. The molecule has 1 aliphatic heterocycles. The summed E-state index contributed by atoms with van der Waals surface area (Å²) in [5.74, 6) is 2.09. The Kier molecular flexibility index (Phi) is 9.83. The third-order valence-corrected chi connectivity index (χ3v) is 5.35. The molecule has 0 aromatic heterocycles. The number of hydrogen-bond donors (Lipinski definition) is 3. The molecule has 1 amide bonds. The lowest BCUT2D eigenvalue weighted by molar-refractivity contribution is -0.192. The lowest BCUT2D eigenvalue weighted by Crippen LogP contribution is -2.46. The van der Waals surface area contributed by atoms with Crippen LogP contribution in [0.3, 0.4) is 0 Å². The second kappa shape index (κ2) is 12.6. The topological polar surface area (TPSA) is 143 Å². The molecule has 194 valence electrons. The first-order valence-electron chi connectivity index (χ1n) is 10.9. The maximum Gasteiger partial charge on any atom is 0.490 e. The summed E-state index contributed by atoms with van der Waals surface area (Å²) in [6.07, 6.45) is -2.08. The van der Waals surface area contributed by atoms with Crippen LogP contribution in [-0.2, 0) is 22.6 Å². The second-order valence-corrected chi connectivity index (χ2v) is 7.84. The van der Waals surface area contributed by atoms with Gasteiger partial charge in [-0.05, 0) is 47.7 Å². The van der Waals surface area contributed by atoms with Crippen molar-refractivity contribution in [3.8, 4) is 5.75 Å². The Morgan fingerprint density at radius 1 is 1.19 bits per heavy atom. The van der Waals surface area contributed by atoms with Crippen LogP contribution < -0.4 is 10.6 Å². The number of ether oxygens (including phenoxy) is 1. The number of nitrogens with two attached hydrogens (primary N) is 1. The van der Waals surface area contributed by atoms with E-state index in [-0.39, 0.29) is 24.9 Å². The zero-order valence-corrected chi connectivity index (χ0v) is 19.4. The molecule has 0 saturated carbocycles. The van der Waals surface area contributed by atoms with Gasteiger partial charge in [-0.25, -0.2) is 4.79 Å². The van der Waals surface area contributed by atoms with Crippen molar-refractivity contribution >= 4 is 24.1 Å². The number of benzene rings is 2. The monoisotopic (exact) mass is 509 g/mol. The third-order valence-electron chi connectivity index (χ3n) is 5.35. The van der Waals surface area contributed by atoms with Crippen molar-refractivity contribution in [1.29, 1.82) is 0 Å². The first kappa shape index (κ1) is 28.1. The standard InChI is InChI=1S/C22H25N3O4.C2HF3O2/c1-2-18-11-17-12-19(29-14-16-5-3-15(4-6-16)13-24-23)7-8-20(17)22(28)25(18)10-9-21(26)27;3-2(4,5)1(6)7/h3-8,12-13,18H,2,9-11,14,23H2,1H3,(H,26,27);(H,6,7). The highest BCUT2D eigenvalue weighted by Gasteiger charge is 2.38. The number of halogens is 3. The number of carboxylic acids is 2. The van der Waals surface area contributed by atoms with Gasteiger partial charge in [0.1, 0.15) is 12.4 Å². The van der Waals surface area contributed by atoms with E-state index in [0.29, 0.717) is 24.3 Å². The molecule has 0 saturated heterocycles. The van der Waals surface area contributed by atoms with Gasteiger partial charge in [-0.15, -0.1) is 0 Å². The van der Waals surface area contributed by atoms with Gasteiger partial charge in [0.15, 0.2) is 0 Å². The Morgan fingerprint density at radius 3 is 2.36 bits per heavy atom. The molecule has 2 aromatic carbocycles. The molecule has 2 aromatic rings. The van der Waals surface area contributed by atoms with Crippen LogP contribution in [0.25, 0.3) is 0 Å². The lowest BCUT2D eigenvalue weighted by atomic mass is 9.91. The zero-order valence-electron chi connectivity index (χ0n) is 19.4. The molecule has 36 heavy (non-hydrogen) atoms. The van der Waals surface area contributed by atoms with Crippen molar-refractivity contribution < 1.29 is 42.5 Å². The number of carboxylic acid groups (broad SMARTS) is 2. The number of rotatable bonds is 8. The van der Waals surface area contributed by atoms with Crippen molar-refractivity contribution in [2.24, 2.45) is 10.9 Å². The van der Waals surface area contributed by atoms with Gasteiger partial charge in [-0.3, -0.25) is 9.59 Å². The van der Waals surface area contributed by atoms with Gasteiger partial charge in [0, 0.05) is 18.2 Å². The molecule has 0 bridgehead atoms. The van der Waals surface area contributed by atoms with Gasteiger partial charge >= 0.3 is 18.1 Å².